The zero-order chi connectivity index (χ0) is 23.2. The van der Waals surface area contributed by atoms with Gasteiger partial charge in [0.05, 0.1) is 18.7 Å². The summed E-state index contributed by atoms with van der Waals surface area (Å²) in [4.78, 5) is 22.5. The number of hydrogen-bond acceptors (Lipinski definition) is 7. The molecule has 3 heterocycles. The molecule has 0 saturated carbocycles. The molecule has 1 amide bonds. The van der Waals surface area contributed by atoms with Crippen LogP contribution in [-0.2, 0) is 11.3 Å². The van der Waals surface area contributed by atoms with Crippen LogP contribution in [0.4, 0.5) is 16.3 Å². The van der Waals surface area contributed by atoms with Crippen molar-refractivity contribution in [1.29, 1.82) is 0 Å². The Morgan fingerprint density at radius 1 is 1.18 bits per heavy atom. The van der Waals surface area contributed by atoms with Crippen LogP contribution in [0.3, 0.4) is 0 Å². The number of benzene rings is 1. The van der Waals surface area contributed by atoms with Gasteiger partial charge in [-0.2, -0.15) is 0 Å². The van der Waals surface area contributed by atoms with Crippen molar-refractivity contribution in [3.63, 3.8) is 0 Å². The number of nitrogens with zero attached hydrogens (tertiary/aromatic N) is 3. The molecule has 1 fully saturated rings. The number of hydrogen-bond donors (Lipinski definition) is 2. The lowest BCUT2D eigenvalue weighted by atomic mass is 9.98. The fourth-order valence-corrected chi connectivity index (χ4v) is 4.05. The molecule has 2 N–H and O–H groups in total. The molecule has 2 aromatic heterocycles. The largest absolute Gasteiger partial charge is 0.477 e. The normalized spacial score (nSPS) is 14.8. The molecule has 33 heavy (non-hydrogen) atoms. The van der Waals surface area contributed by atoms with Gasteiger partial charge in [-0.15, -0.1) is 0 Å². The lowest BCUT2D eigenvalue weighted by molar-refractivity contribution is 0.157. The number of carbonyl (C=O) groups is 1. The second kappa shape index (κ2) is 10.7. The Balaban J connectivity index is 1.39. The van der Waals surface area contributed by atoms with Crippen LogP contribution in [0.15, 0.2) is 42.7 Å². The van der Waals surface area contributed by atoms with E-state index in [1.807, 2.05) is 30.3 Å². The second-order valence-corrected chi connectivity index (χ2v) is 8.65. The van der Waals surface area contributed by atoms with Crippen molar-refractivity contribution in [3.8, 4) is 5.88 Å². The van der Waals surface area contributed by atoms with E-state index in [0.717, 1.165) is 48.0 Å². The number of rotatable bonds is 7. The Bertz CT molecular complexity index is 1120. The summed E-state index contributed by atoms with van der Waals surface area (Å²) in [6.07, 6.45) is 5.02. The summed E-state index contributed by atoms with van der Waals surface area (Å²) < 4.78 is 10.6. The van der Waals surface area contributed by atoms with Gasteiger partial charge in [0, 0.05) is 41.5 Å². The summed E-state index contributed by atoms with van der Waals surface area (Å²) in [5.41, 5.74) is 1.96. The molecule has 9 heteroatoms. The van der Waals surface area contributed by atoms with Gasteiger partial charge in [-0.1, -0.05) is 11.6 Å². The predicted octanol–water partition coefficient (Wildman–Crippen LogP) is 4.79. The number of anilines is 2. The van der Waals surface area contributed by atoms with Crippen LogP contribution < -0.4 is 15.4 Å². The van der Waals surface area contributed by atoms with Crippen LogP contribution >= 0.6 is 11.6 Å². The Morgan fingerprint density at radius 2 is 2.00 bits per heavy atom. The van der Waals surface area contributed by atoms with Gasteiger partial charge in [-0.05, 0) is 68.7 Å². The maximum Gasteiger partial charge on any atom is 0.412 e. The lowest BCUT2D eigenvalue weighted by Crippen LogP contribution is -2.32. The fraction of sp³-hybridized carbons (Fsp3) is 0.375. The minimum atomic E-state index is -0.583. The van der Waals surface area contributed by atoms with Gasteiger partial charge in [0.1, 0.15) is 5.82 Å². The van der Waals surface area contributed by atoms with E-state index < -0.39 is 6.09 Å². The minimum absolute atomic E-state index is 0.397. The van der Waals surface area contributed by atoms with Crippen molar-refractivity contribution in [2.45, 2.75) is 19.4 Å². The number of nitrogens with one attached hydrogen (secondary N) is 2. The van der Waals surface area contributed by atoms with Crippen LogP contribution in [-0.4, -0.2) is 54.8 Å². The molecule has 0 radical (unpaired) electrons. The van der Waals surface area contributed by atoms with E-state index in [1.165, 1.54) is 13.3 Å². The highest BCUT2D eigenvalue weighted by Crippen LogP contribution is 2.30. The molecule has 0 bridgehead atoms. The molecule has 8 nitrogen and oxygen atoms in total. The SMILES string of the molecule is COC(=O)Nc1ncc(Cl)c2cc(NCc3ccnc(OCC4CCN(C)CC4)c3)ccc12. The molecule has 1 aliphatic rings. The molecular formula is C24H28ClN5O3. The second-order valence-electron chi connectivity index (χ2n) is 8.25. The molecule has 1 aromatic carbocycles. The number of amides is 1. The smallest absolute Gasteiger partial charge is 0.412 e. The molecule has 0 atom stereocenters. The van der Waals surface area contributed by atoms with Crippen LogP contribution in [0.5, 0.6) is 5.88 Å². The average Bonchev–Trinajstić information content (AvgIpc) is 2.84. The van der Waals surface area contributed by atoms with E-state index in [9.17, 15) is 4.79 Å². The molecule has 174 valence electrons. The highest BCUT2D eigenvalue weighted by molar-refractivity contribution is 6.36. The highest BCUT2D eigenvalue weighted by atomic mass is 35.5. The Hall–Kier alpha value is -3.10. The average molecular weight is 470 g/mol. The van der Waals surface area contributed by atoms with Crippen molar-refractivity contribution in [1.82, 2.24) is 14.9 Å². The molecule has 0 spiro atoms. The number of carbonyl (C=O) groups excluding carboxylic acids is 1. The molecule has 0 unspecified atom stereocenters. The van der Waals surface area contributed by atoms with Crippen LogP contribution in [0.1, 0.15) is 18.4 Å². The molecule has 4 rings (SSSR count). The number of aromatic nitrogens is 2. The number of fused-ring (bicyclic) bond motifs is 1. The summed E-state index contributed by atoms with van der Waals surface area (Å²) in [6.45, 7) is 3.56. The third-order valence-corrected chi connectivity index (χ3v) is 6.15. The molecule has 3 aromatic rings. The van der Waals surface area contributed by atoms with Crippen molar-refractivity contribution in [2.24, 2.45) is 5.92 Å². The lowest BCUT2D eigenvalue weighted by Gasteiger charge is -2.28. The predicted molar refractivity (Wildman–Crippen MR) is 130 cm³/mol. The summed E-state index contributed by atoms with van der Waals surface area (Å²) in [7, 11) is 3.47. The zero-order valence-electron chi connectivity index (χ0n) is 18.8. The molecule has 0 aliphatic carbocycles. The van der Waals surface area contributed by atoms with E-state index in [2.05, 4.69) is 37.3 Å². The Morgan fingerprint density at radius 3 is 2.79 bits per heavy atom. The first-order valence-corrected chi connectivity index (χ1v) is 11.3. The van der Waals surface area contributed by atoms with E-state index in [0.29, 0.717) is 35.8 Å². The van der Waals surface area contributed by atoms with Gasteiger partial charge < -0.3 is 19.7 Å². The van der Waals surface area contributed by atoms with E-state index in [4.69, 9.17) is 16.3 Å². The van der Waals surface area contributed by atoms with E-state index >= 15 is 0 Å². The van der Waals surface area contributed by atoms with E-state index in [1.54, 1.807) is 6.20 Å². The van der Waals surface area contributed by atoms with Gasteiger partial charge in [-0.25, -0.2) is 14.8 Å². The topological polar surface area (TPSA) is 88.6 Å². The van der Waals surface area contributed by atoms with E-state index in [-0.39, 0.29) is 0 Å². The molecule has 1 saturated heterocycles. The first-order valence-electron chi connectivity index (χ1n) is 10.9. The van der Waals surface area contributed by atoms with Gasteiger partial charge in [-0.3, -0.25) is 5.32 Å². The standard InChI is InChI=1S/C24H28ClN5O3/c1-30-9-6-16(7-10-30)15-33-22-11-17(5-8-26-22)13-27-18-3-4-19-20(12-18)21(25)14-28-23(19)29-24(31)32-2/h3-5,8,11-12,14,16,27H,6-7,9-10,13,15H2,1-2H3,(H,28,29,31). The van der Waals surface area contributed by atoms with Crippen molar-refractivity contribution in [3.05, 3.63) is 53.3 Å². The number of pyridine rings is 2. The third-order valence-electron chi connectivity index (χ3n) is 5.85. The van der Waals surface area contributed by atoms with Crippen LogP contribution in [0.25, 0.3) is 10.8 Å². The van der Waals surface area contributed by atoms with Crippen molar-refractivity contribution < 1.29 is 14.3 Å². The van der Waals surface area contributed by atoms with Gasteiger partial charge >= 0.3 is 6.09 Å². The number of likely N-dealkylation sites (tertiary alicyclic amines) is 1. The first-order chi connectivity index (χ1) is 16.0. The summed E-state index contributed by atoms with van der Waals surface area (Å²) in [5, 5.41) is 8.02. The van der Waals surface area contributed by atoms with Crippen molar-refractivity contribution >= 4 is 40.0 Å². The highest BCUT2D eigenvalue weighted by Gasteiger charge is 2.17. The van der Waals surface area contributed by atoms with Gasteiger partial charge in [0.15, 0.2) is 0 Å². The van der Waals surface area contributed by atoms with Gasteiger partial charge in [0.2, 0.25) is 5.88 Å². The number of halogens is 1. The van der Waals surface area contributed by atoms with Crippen LogP contribution in [0.2, 0.25) is 5.02 Å². The summed E-state index contributed by atoms with van der Waals surface area (Å²) >= 11 is 6.35. The molecular weight excluding hydrogens is 442 g/mol. The monoisotopic (exact) mass is 469 g/mol. The van der Waals surface area contributed by atoms with Gasteiger partial charge in [0.25, 0.3) is 0 Å². The maximum absolute atomic E-state index is 11.6. The van der Waals surface area contributed by atoms with Crippen molar-refractivity contribution in [2.75, 3.05) is 44.5 Å². The number of piperidine rings is 1. The first kappa shape index (κ1) is 23.1. The minimum Gasteiger partial charge on any atom is -0.477 e. The number of ether oxygens (including phenoxy) is 2. The summed E-state index contributed by atoms with van der Waals surface area (Å²) in [6, 6.07) is 9.65. The van der Waals surface area contributed by atoms with Crippen LogP contribution in [0, 0.1) is 5.92 Å². The third kappa shape index (κ3) is 6.03. The molecule has 1 aliphatic heterocycles. The Labute approximate surface area is 198 Å². The number of methoxy groups -OCH3 is 1. The zero-order valence-corrected chi connectivity index (χ0v) is 19.6. The quantitative estimate of drug-likeness (QED) is 0.514. The maximum atomic E-state index is 11.6. The summed E-state index contributed by atoms with van der Waals surface area (Å²) in [5.74, 6) is 1.63. The Kier molecular flexibility index (Phi) is 7.47. The fourth-order valence-electron chi connectivity index (χ4n) is 3.84.